The second kappa shape index (κ2) is 4.60. The molecular formula is C7H4BBrF4O3. The van der Waals surface area contributed by atoms with Gasteiger partial charge in [0.25, 0.3) is 0 Å². The molecule has 16 heavy (non-hydrogen) atoms. The molecule has 0 saturated carbocycles. The van der Waals surface area contributed by atoms with Crippen LogP contribution in [0.5, 0.6) is 5.75 Å². The fourth-order valence-corrected chi connectivity index (χ4v) is 1.50. The predicted molar refractivity (Wildman–Crippen MR) is 50.6 cm³/mol. The number of hydrogen-bond donors (Lipinski definition) is 2. The topological polar surface area (TPSA) is 49.7 Å². The first kappa shape index (κ1) is 13.3. The summed E-state index contributed by atoms with van der Waals surface area (Å²) in [5.41, 5.74) is -0.721. The molecule has 0 unspecified atom stereocenters. The molecule has 3 nitrogen and oxygen atoms in total. The highest BCUT2D eigenvalue weighted by Gasteiger charge is 2.34. The van der Waals surface area contributed by atoms with E-state index in [0.717, 1.165) is 12.1 Å². The predicted octanol–water partition coefficient (Wildman–Crippen LogP) is 1.17. The number of ether oxygens (including phenoxy) is 1. The van der Waals surface area contributed by atoms with Crippen LogP contribution in [0.4, 0.5) is 17.6 Å². The third-order valence-electron chi connectivity index (χ3n) is 1.58. The van der Waals surface area contributed by atoms with Crippen molar-refractivity contribution in [1.29, 1.82) is 0 Å². The number of alkyl halides is 3. The highest BCUT2D eigenvalue weighted by molar-refractivity contribution is 9.10. The van der Waals surface area contributed by atoms with E-state index < -0.39 is 30.5 Å². The van der Waals surface area contributed by atoms with Crippen LogP contribution >= 0.6 is 15.9 Å². The first-order valence-corrected chi connectivity index (χ1v) is 4.61. The average Bonchev–Trinajstić information content (AvgIpc) is 2.07. The van der Waals surface area contributed by atoms with Crippen molar-refractivity contribution in [3.8, 4) is 5.75 Å². The zero-order chi connectivity index (χ0) is 12.5. The molecule has 1 rings (SSSR count). The normalized spacial score (nSPS) is 11.4. The molecule has 0 aliphatic carbocycles. The van der Waals surface area contributed by atoms with Gasteiger partial charge in [-0.3, -0.25) is 0 Å². The summed E-state index contributed by atoms with van der Waals surface area (Å²) in [5.74, 6) is -2.61. The lowest BCUT2D eigenvalue weighted by molar-refractivity contribution is -0.275. The van der Waals surface area contributed by atoms with Crippen molar-refractivity contribution in [2.75, 3.05) is 0 Å². The molecule has 0 spiro atoms. The molecule has 1 aromatic carbocycles. The lowest BCUT2D eigenvalue weighted by Gasteiger charge is -2.12. The molecule has 1 aromatic rings. The molecule has 0 bridgehead atoms. The minimum Gasteiger partial charge on any atom is -0.423 e. The molecule has 0 aliphatic rings. The summed E-state index contributed by atoms with van der Waals surface area (Å²) in [7, 11) is -2.24. The first-order chi connectivity index (χ1) is 7.22. The summed E-state index contributed by atoms with van der Waals surface area (Å²) < 4.78 is 52.1. The van der Waals surface area contributed by atoms with Gasteiger partial charge in [0.2, 0.25) is 0 Å². The van der Waals surface area contributed by atoms with Gasteiger partial charge in [-0.1, -0.05) is 15.9 Å². The van der Waals surface area contributed by atoms with Crippen LogP contribution in [0.3, 0.4) is 0 Å². The molecule has 0 amide bonds. The van der Waals surface area contributed by atoms with Crippen molar-refractivity contribution < 1.29 is 32.3 Å². The number of halogens is 5. The maximum atomic E-state index is 13.3. The zero-order valence-electron chi connectivity index (χ0n) is 7.42. The van der Waals surface area contributed by atoms with Crippen LogP contribution in [-0.4, -0.2) is 23.5 Å². The maximum absolute atomic E-state index is 13.3. The molecule has 0 aromatic heterocycles. The lowest BCUT2D eigenvalue weighted by Crippen LogP contribution is -2.35. The van der Waals surface area contributed by atoms with Gasteiger partial charge in [0.05, 0.1) is 0 Å². The quantitative estimate of drug-likeness (QED) is 0.637. The monoisotopic (exact) mass is 302 g/mol. The summed E-state index contributed by atoms with van der Waals surface area (Å²) in [6.45, 7) is 0. The van der Waals surface area contributed by atoms with Gasteiger partial charge in [0.15, 0.2) is 11.6 Å². The summed E-state index contributed by atoms with van der Waals surface area (Å²) in [4.78, 5) is 0. The number of benzene rings is 1. The van der Waals surface area contributed by atoms with Gasteiger partial charge in [0, 0.05) is 9.94 Å². The molecule has 0 radical (unpaired) electrons. The van der Waals surface area contributed by atoms with Gasteiger partial charge in [0.1, 0.15) is 0 Å². The highest BCUT2D eigenvalue weighted by atomic mass is 79.9. The van der Waals surface area contributed by atoms with E-state index in [2.05, 4.69) is 20.7 Å². The number of rotatable bonds is 2. The Balaban J connectivity index is 3.19. The van der Waals surface area contributed by atoms with Crippen molar-refractivity contribution in [3.63, 3.8) is 0 Å². The lowest BCUT2D eigenvalue weighted by atomic mass is 9.80. The molecule has 2 N–H and O–H groups in total. The third-order valence-corrected chi connectivity index (χ3v) is 2.27. The summed E-state index contributed by atoms with van der Waals surface area (Å²) in [6, 6.07) is 1.73. The van der Waals surface area contributed by atoms with Crippen LogP contribution in [0, 0.1) is 5.82 Å². The maximum Gasteiger partial charge on any atom is 0.573 e. The molecular weight excluding hydrogens is 299 g/mol. The Morgan fingerprint density at radius 3 is 2.25 bits per heavy atom. The van der Waals surface area contributed by atoms with Crippen LogP contribution in [-0.2, 0) is 0 Å². The van der Waals surface area contributed by atoms with Crippen LogP contribution in [0.1, 0.15) is 0 Å². The molecule has 0 saturated heterocycles. The average molecular weight is 303 g/mol. The van der Waals surface area contributed by atoms with Crippen molar-refractivity contribution in [2.24, 2.45) is 0 Å². The van der Waals surface area contributed by atoms with Crippen molar-refractivity contribution in [2.45, 2.75) is 6.36 Å². The molecule has 88 valence electrons. The van der Waals surface area contributed by atoms with E-state index in [1.165, 1.54) is 0 Å². The van der Waals surface area contributed by atoms with Crippen LogP contribution < -0.4 is 10.2 Å². The highest BCUT2D eigenvalue weighted by Crippen LogP contribution is 2.26. The molecule has 0 atom stereocenters. The zero-order valence-corrected chi connectivity index (χ0v) is 9.01. The smallest absolute Gasteiger partial charge is 0.423 e. The fourth-order valence-electron chi connectivity index (χ4n) is 0.990. The molecule has 9 heteroatoms. The van der Waals surface area contributed by atoms with Gasteiger partial charge >= 0.3 is 13.5 Å². The van der Waals surface area contributed by atoms with E-state index in [1.807, 2.05) is 0 Å². The summed E-state index contributed by atoms with van der Waals surface area (Å²) in [5, 5.41) is 17.5. The van der Waals surface area contributed by atoms with Gasteiger partial charge in [-0.05, 0) is 12.1 Å². The Morgan fingerprint density at radius 1 is 1.25 bits per heavy atom. The SMILES string of the molecule is OB(O)c1c(Br)ccc(OC(F)(F)F)c1F. The number of hydrogen-bond acceptors (Lipinski definition) is 3. The minimum atomic E-state index is -5.05. The van der Waals surface area contributed by atoms with Crippen molar-refractivity contribution in [3.05, 3.63) is 22.4 Å². The Morgan fingerprint density at radius 2 is 1.81 bits per heavy atom. The second-order valence-corrected chi connectivity index (χ2v) is 3.55. The molecule has 0 heterocycles. The first-order valence-electron chi connectivity index (χ1n) is 3.82. The van der Waals surface area contributed by atoms with Gasteiger partial charge in [-0.25, -0.2) is 4.39 Å². The van der Waals surface area contributed by atoms with Crippen LogP contribution in [0.2, 0.25) is 0 Å². The minimum absolute atomic E-state index is 0.0745. The van der Waals surface area contributed by atoms with Gasteiger partial charge in [-0.2, -0.15) is 0 Å². The van der Waals surface area contributed by atoms with E-state index in [1.54, 1.807) is 0 Å². The van der Waals surface area contributed by atoms with Crippen molar-refractivity contribution >= 4 is 28.5 Å². The van der Waals surface area contributed by atoms with Crippen LogP contribution in [0.15, 0.2) is 16.6 Å². The largest absolute Gasteiger partial charge is 0.573 e. The van der Waals surface area contributed by atoms with E-state index >= 15 is 0 Å². The standard InChI is InChI=1S/C7H4BBrF4O3/c9-3-1-2-4(16-7(11,12)13)6(10)5(3)8(14)15/h1-2,14-15H. The Hall–Kier alpha value is -0.795. The fraction of sp³-hybridized carbons (Fsp3) is 0.143. The Bertz CT molecular complexity index is 396. The van der Waals surface area contributed by atoms with E-state index in [9.17, 15) is 17.6 Å². The van der Waals surface area contributed by atoms with Gasteiger partial charge in [-0.15, -0.1) is 13.2 Å². The Labute approximate surface area is 95.9 Å². The second-order valence-electron chi connectivity index (χ2n) is 2.69. The molecule has 0 fully saturated rings. The van der Waals surface area contributed by atoms with Gasteiger partial charge < -0.3 is 14.8 Å². The van der Waals surface area contributed by atoms with Crippen LogP contribution in [0.25, 0.3) is 0 Å². The van der Waals surface area contributed by atoms with E-state index in [-0.39, 0.29) is 4.47 Å². The third kappa shape index (κ3) is 3.10. The van der Waals surface area contributed by atoms with E-state index in [0.29, 0.717) is 0 Å². The van der Waals surface area contributed by atoms with E-state index in [4.69, 9.17) is 10.0 Å². The summed E-state index contributed by atoms with van der Waals surface area (Å²) >= 11 is 2.76. The summed E-state index contributed by atoms with van der Waals surface area (Å²) in [6.07, 6.45) is -5.05. The Kier molecular flexibility index (Phi) is 3.82. The molecule has 0 aliphatic heterocycles. The van der Waals surface area contributed by atoms with Crippen molar-refractivity contribution in [1.82, 2.24) is 0 Å².